The van der Waals surface area contributed by atoms with Gasteiger partial charge in [0.2, 0.25) is 5.91 Å². The normalized spacial score (nSPS) is 18.3. The van der Waals surface area contributed by atoms with Crippen molar-refractivity contribution in [1.82, 2.24) is 0 Å². The summed E-state index contributed by atoms with van der Waals surface area (Å²) in [5, 5.41) is 11.9. The molecular formula is C14H15Br2NO4. The van der Waals surface area contributed by atoms with Crippen LogP contribution in [0.1, 0.15) is 36.0 Å². The van der Waals surface area contributed by atoms with E-state index in [1.165, 1.54) is 6.07 Å². The summed E-state index contributed by atoms with van der Waals surface area (Å²) in [4.78, 5) is 23.4. The number of aromatic carboxylic acids is 1. The topological polar surface area (TPSA) is 75.6 Å². The molecule has 0 aromatic heterocycles. The summed E-state index contributed by atoms with van der Waals surface area (Å²) < 4.78 is 6.66. The van der Waals surface area contributed by atoms with Gasteiger partial charge in [-0.3, -0.25) is 4.79 Å². The van der Waals surface area contributed by atoms with Crippen molar-refractivity contribution in [2.75, 3.05) is 11.9 Å². The Morgan fingerprint density at radius 2 is 2.10 bits per heavy atom. The standard InChI is InChI=1S/C14H15Br2NO4/c15-8-5-10(14(19)20)13(11(16)6-8)17-12(18)7-9-3-1-2-4-21-9/h5-6,9H,1-4,7H2,(H,17,18)(H,19,20). The lowest BCUT2D eigenvalue weighted by atomic mass is 10.1. The van der Waals surface area contributed by atoms with E-state index in [4.69, 9.17) is 4.74 Å². The van der Waals surface area contributed by atoms with Crippen molar-refractivity contribution in [1.29, 1.82) is 0 Å². The maximum absolute atomic E-state index is 12.1. The number of carboxylic acids is 1. The van der Waals surface area contributed by atoms with E-state index in [9.17, 15) is 14.7 Å². The van der Waals surface area contributed by atoms with Crippen LogP contribution in [-0.4, -0.2) is 29.7 Å². The highest BCUT2D eigenvalue weighted by Crippen LogP contribution is 2.31. The molecule has 5 nitrogen and oxygen atoms in total. The predicted molar refractivity (Wildman–Crippen MR) is 85.6 cm³/mol. The van der Waals surface area contributed by atoms with Crippen molar-refractivity contribution in [2.24, 2.45) is 0 Å². The van der Waals surface area contributed by atoms with Gasteiger partial charge >= 0.3 is 5.97 Å². The maximum Gasteiger partial charge on any atom is 0.337 e. The molecule has 1 aromatic rings. The zero-order valence-corrected chi connectivity index (χ0v) is 14.4. The van der Waals surface area contributed by atoms with Crippen molar-refractivity contribution in [3.8, 4) is 0 Å². The average Bonchev–Trinajstić information content (AvgIpc) is 2.42. The lowest BCUT2D eigenvalue weighted by Crippen LogP contribution is -2.26. The lowest BCUT2D eigenvalue weighted by molar-refractivity contribution is -0.119. The molecular weight excluding hydrogens is 406 g/mol. The Hall–Kier alpha value is -0.920. The van der Waals surface area contributed by atoms with Crippen molar-refractivity contribution in [3.05, 3.63) is 26.6 Å². The molecule has 2 N–H and O–H groups in total. The third-order valence-electron chi connectivity index (χ3n) is 3.24. The van der Waals surface area contributed by atoms with Crippen LogP contribution in [0.5, 0.6) is 0 Å². The fourth-order valence-corrected chi connectivity index (χ4v) is 3.56. The SMILES string of the molecule is O=C(CC1CCCCO1)Nc1c(Br)cc(Br)cc1C(=O)O. The highest BCUT2D eigenvalue weighted by molar-refractivity contribution is 9.11. The van der Waals surface area contributed by atoms with Gasteiger partial charge in [-0.25, -0.2) is 4.79 Å². The van der Waals surface area contributed by atoms with Crippen LogP contribution in [0.25, 0.3) is 0 Å². The minimum atomic E-state index is -1.10. The highest BCUT2D eigenvalue weighted by atomic mass is 79.9. The molecule has 1 aromatic carbocycles. The highest BCUT2D eigenvalue weighted by Gasteiger charge is 2.21. The molecule has 7 heteroatoms. The van der Waals surface area contributed by atoms with Gasteiger partial charge in [-0.15, -0.1) is 0 Å². The van der Waals surface area contributed by atoms with Gasteiger partial charge in [0.15, 0.2) is 0 Å². The molecule has 1 fully saturated rings. The first-order valence-electron chi connectivity index (χ1n) is 6.61. The Morgan fingerprint density at radius 3 is 2.71 bits per heavy atom. The first-order valence-corrected chi connectivity index (χ1v) is 8.19. The Labute approximate surface area is 139 Å². The number of halogens is 2. The van der Waals surface area contributed by atoms with Crippen molar-refractivity contribution in [3.63, 3.8) is 0 Å². The van der Waals surface area contributed by atoms with E-state index in [0.717, 1.165) is 19.3 Å². The van der Waals surface area contributed by atoms with Gasteiger partial charge in [0.25, 0.3) is 0 Å². The second-order valence-electron chi connectivity index (χ2n) is 4.86. The first-order chi connectivity index (χ1) is 9.97. The molecule has 0 saturated carbocycles. The second-order valence-corrected chi connectivity index (χ2v) is 6.63. The van der Waals surface area contributed by atoms with E-state index >= 15 is 0 Å². The number of nitrogens with one attached hydrogen (secondary N) is 1. The number of ether oxygens (including phenoxy) is 1. The second kappa shape index (κ2) is 7.38. The average molecular weight is 421 g/mol. The quantitative estimate of drug-likeness (QED) is 0.776. The van der Waals surface area contributed by atoms with Crippen LogP contribution in [0.3, 0.4) is 0 Å². The van der Waals surface area contributed by atoms with Gasteiger partial charge in [-0.1, -0.05) is 15.9 Å². The first kappa shape index (κ1) is 16.5. The summed E-state index contributed by atoms with van der Waals surface area (Å²) in [6.07, 6.45) is 3.10. The van der Waals surface area contributed by atoms with E-state index < -0.39 is 5.97 Å². The molecule has 0 aliphatic carbocycles. The summed E-state index contributed by atoms with van der Waals surface area (Å²) in [6.45, 7) is 0.681. The third-order valence-corrected chi connectivity index (χ3v) is 4.32. The van der Waals surface area contributed by atoms with Gasteiger partial charge in [0.1, 0.15) is 0 Å². The number of rotatable bonds is 4. The summed E-state index contributed by atoms with van der Waals surface area (Å²) in [5.41, 5.74) is 0.306. The Kier molecular flexibility index (Phi) is 5.78. The van der Waals surface area contributed by atoms with Crippen LogP contribution in [0, 0.1) is 0 Å². The molecule has 0 radical (unpaired) electrons. The van der Waals surface area contributed by atoms with Crippen molar-refractivity contribution in [2.45, 2.75) is 31.8 Å². The molecule has 1 atom stereocenters. The Balaban J connectivity index is 2.11. The summed E-state index contributed by atoms with van der Waals surface area (Å²) in [5.74, 6) is -1.34. The van der Waals surface area contributed by atoms with Gasteiger partial charge in [-0.2, -0.15) is 0 Å². The van der Waals surface area contributed by atoms with Crippen molar-refractivity contribution >= 4 is 49.4 Å². The number of carboxylic acid groups (broad SMARTS) is 1. The van der Waals surface area contributed by atoms with Crippen LogP contribution >= 0.6 is 31.9 Å². The van der Waals surface area contributed by atoms with E-state index in [1.807, 2.05) is 0 Å². The third kappa shape index (κ3) is 4.52. The van der Waals surface area contributed by atoms with Crippen LogP contribution in [0.4, 0.5) is 5.69 Å². The van der Waals surface area contributed by atoms with E-state index in [1.54, 1.807) is 6.07 Å². The lowest BCUT2D eigenvalue weighted by Gasteiger charge is -2.22. The monoisotopic (exact) mass is 419 g/mol. The molecule has 1 amide bonds. The molecule has 0 bridgehead atoms. The van der Waals surface area contributed by atoms with Crippen LogP contribution < -0.4 is 5.32 Å². The van der Waals surface area contributed by atoms with Crippen molar-refractivity contribution < 1.29 is 19.4 Å². The fourth-order valence-electron chi connectivity index (χ4n) is 2.23. The smallest absolute Gasteiger partial charge is 0.337 e. The number of anilines is 1. The zero-order chi connectivity index (χ0) is 15.4. The van der Waals surface area contributed by atoms with Gasteiger partial charge in [0, 0.05) is 15.6 Å². The largest absolute Gasteiger partial charge is 0.478 e. The number of benzene rings is 1. The minimum Gasteiger partial charge on any atom is -0.478 e. The number of carbonyl (C=O) groups is 2. The molecule has 2 rings (SSSR count). The summed E-state index contributed by atoms with van der Waals surface area (Å²) in [7, 11) is 0. The molecule has 1 aliphatic rings. The fraction of sp³-hybridized carbons (Fsp3) is 0.429. The maximum atomic E-state index is 12.1. The van der Waals surface area contributed by atoms with E-state index in [0.29, 0.717) is 15.6 Å². The summed E-state index contributed by atoms with van der Waals surface area (Å²) in [6, 6.07) is 3.15. The zero-order valence-electron chi connectivity index (χ0n) is 11.2. The van der Waals surface area contributed by atoms with Gasteiger partial charge in [-0.05, 0) is 47.3 Å². The van der Waals surface area contributed by atoms with E-state index in [2.05, 4.69) is 37.2 Å². The molecule has 21 heavy (non-hydrogen) atoms. The van der Waals surface area contributed by atoms with Gasteiger partial charge in [0.05, 0.1) is 23.8 Å². The molecule has 1 aliphatic heterocycles. The number of amides is 1. The van der Waals surface area contributed by atoms with E-state index in [-0.39, 0.29) is 29.7 Å². The number of carbonyl (C=O) groups excluding carboxylic acids is 1. The van der Waals surface area contributed by atoms with Crippen LogP contribution in [0.15, 0.2) is 21.1 Å². The molecule has 0 spiro atoms. The molecule has 1 unspecified atom stereocenters. The molecule has 114 valence electrons. The minimum absolute atomic E-state index is 0.0363. The van der Waals surface area contributed by atoms with Crippen LogP contribution in [0.2, 0.25) is 0 Å². The van der Waals surface area contributed by atoms with Gasteiger partial charge < -0.3 is 15.2 Å². The predicted octanol–water partition coefficient (Wildman–Crippen LogP) is 3.81. The number of hydrogen-bond acceptors (Lipinski definition) is 3. The molecule has 1 saturated heterocycles. The summed E-state index contributed by atoms with van der Waals surface area (Å²) >= 11 is 6.52. The number of hydrogen-bond donors (Lipinski definition) is 2. The van der Waals surface area contributed by atoms with Crippen LogP contribution in [-0.2, 0) is 9.53 Å². The Morgan fingerprint density at radius 1 is 1.33 bits per heavy atom. The Bertz CT molecular complexity index is 556. The molecule has 1 heterocycles.